The second-order valence-electron chi connectivity index (χ2n) is 4.94. The zero-order chi connectivity index (χ0) is 14.4. The molecule has 0 saturated heterocycles. The molecule has 1 aliphatic rings. The van der Waals surface area contributed by atoms with Crippen LogP contribution in [0.2, 0.25) is 0 Å². The Balaban J connectivity index is 1.88. The molecule has 1 aliphatic heterocycles. The Morgan fingerprint density at radius 2 is 2.05 bits per heavy atom. The molecule has 0 fully saturated rings. The van der Waals surface area contributed by atoms with Crippen molar-refractivity contribution in [2.45, 2.75) is 13.0 Å². The molecule has 6 nitrogen and oxygen atoms in total. The van der Waals surface area contributed by atoms with Gasteiger partial charge >= 0.3 is 0 Å². The maximum absolute atomic E-state index is 5.98. The summed E-state index contributed by atoms with van der Waals surface area (Å²) in [5.41, 5.74) is 8.03. The van der Waals surface area contributed by atoms with Gasteiger partial charge in [-0.05, 0) is 25.1 Å². The third kappa shape index (κ3) is 1.97. The van der Waals surface area contributed by atoms with Gasteiger partial charge in [-0.3, -0.25) is 4.40 Å². The Hall–Kier alpha value is -2.12. The van der Waals surface area contributed by atoms with Crippen LogP contribution in [-0.2, 0) is 0 Å². The van der Waals surface area contributed by atoms with Crippen LogP contribution in [0.5, 0.6) is 11.5 Å². The van der Waals surface area contributed by atoms with Crippen molar-refractivity contribution in [1.29, 1.82) is 0 Å². The number of aromatic nitrogens is 3. The predicted molar refractivity (Wildman–Crippen MR) is 79.9 cm³/mol. The molecule has 0 amide bonds. The maximum Gasteiger partial charge on any atom is 0.216 e. The topological polar surface area (TPSA) is 74.7 Å². The molecule has 21 heavy (non-hydrogen) atoms. The average Bonchev–Trinajstić information content (AvgIpc) is 3.08. The summed E-state index contributed by atoms with van der Waals surface area (Å²) < 4.78 is 13.2. The van der Waals surface area contributed by atoms with Crippen molar-refractivity contribution in [2.24, 2.45) is 5.73 Å². The van der Waals surface area contributed by atoms with E-state index in [1.54, 1.807) is 11.3 Å². The second-order valence-corrected chi connectivity index (χ2v) is 5.78. The molecule has 1 unspecified atom stereocenters. The summed E-state index contributed by atoms with van der Waals surface area (Å²) in [5.74, 6) is 2.32. The molecule has 7 heteroatoms. The first kappa shape index (κ1) is 12.6. The highest BCUT2D eigenvalue weighted by Crippen LogP contribution is 2.36. The predicted octanol–water partition coefficient (Wildman–Crippen LogP) is 2.25. The van der Waals surface area contributed by atoms with Crippen molar-refractivity contribution in [3.05, 3.63) is 29.4 Å². The van der Waals surface area contributed by atoms with Crippen LogP contribution in [0.3, 0.4) is 0 Å². The number of ether oxygens (including phenoxy) is 2. The van der Waals surface area contributed by atoms with Crippen molar-refractivity contribution in [2.75, 3.05) is 13.2 Å². The fraction of sp³-hybridized carbons (Fsp3) is 0.286. The summed E-state index contributed by atoms with van der Waals surface area (Å²) in [6.07, 6.45) is 0. The zero-order valence-electron chi connectivity index (χ0n) is 11.4. The second kappa shape index (κ2) is 4.71. The van der Waals surface area contributed by atoms with Crippen LogP contribution < -0.4 is 15.2 Å². The van der Waals surface area contributed by atoms with E-state index < -0.39 is 0 Å². The van der Waals surface area contributed by atoms with Gasteiger partial charge in [-0.2, -0.15) is 0 Å². The van der Waals surface area contributed by atoms with Crippen LogP contribution in [0.25, 0.3) is 16.2 Å². The highest BCUT2D eigenvalue weighted by atomic mass is 32.1. The van der Waals surface area contributed by atoms with E-state index in [9.17, 15) is 0 Å². The Morgan fingerprint density at radius 3 is 2.86 bits per heavy atom. The number of rotatable bonds is 2. The smallest absolute Gasteiger partial charge is 0.216 e. The highest BCUT2D eigenvalue weighted by Gasteiger charge is 2.18. The SMILES string of the molecule is CC(N)c1nnc2scc(-c3ccc4c(c3)OCCO4)n12. The van der Waals surface area contributed by atoms with Crippen molar-refractivity contribution in [1.82, 2.24) is 14.6 Å². The van der Waals surface area contributed by atoms with Gasteiger partial charge in [0.2, 0.25) is 4.96 Å². The molecule has 4 rings (SSSR count). The third-order valence-electron chi connectivity index (χ3n) is 3.42. The van der Waals surface area contributed by atoms with Crippen LogP contribution in [0.1, 0.15) is 18.8 Å². The van der Waals surface area contributed by atoms with Gasteiger partial charge in [0.05, 0.1) is 11.7 Å². The Morgan fingerprint density at radius 1 is 1.24 bits per heavy atom. The maximum atomic E-state index is 5.98. The summed E-state index contributed by atoms with van der Waals surface area (Å²) >= 11 is 1.55. The number of hydrogen-bond donors (Lipinski definition) is 1. The average molecular weight is 302 g/mol. The van der Waals surface area contributed by atoms with E-state index in [4.69, 9.17) is 15.2 Å². The van der Waals surface area contributed by atoms with Gasteiger partial charge < -0.3 is 15.2 Å². The summed E-state index contributed by atoms with van der Waals surface area (Å²) in [7, 11) is 0. The van der Waals surface area contributed by atoms with E-state index in [0.717, 1.165) is 33.5 Å². The lowest BCUT2D eigenvalue weighted by atomic mass is 10.1. The van der Waals surface area contributed by atoms with Gasteiger partial charge in [0.1, 0.15) is 13.2 Å². The summed E-state index contributed by atoms with van der Waals surface area (Å²) in [4.78, 5) is 0.840. The molecular formula is C14H14N4O2S. The van der Waals surface area contributed by atoms with E-state index in [2.05, 4.69) is 15.6 Å². The third-order valence-corrected chi connectivity index (χ3v) is 4.24. The lowest BCUT2D eigenvalue weighted by Gasteiger charge is -2.18. The van der Waals surface area contributed by atoms with Crippen molar-refractivity contribution < 1.29 is 9.47 Å². The molecule has 3 aromatic rings. The first-order valence-corrected chi connectivity index (χ1v) is 7.60. The Bertz CT molecular complexity index is 809. The first-order chi connectivity index (χ1) is 10.2. The van der Waals surface area contributed by atoms with Crippen LogP contribution in [0.15, 0.2) is 23.6 Å². The van der Waals surface area contributed by atoms with E-state index in [0.29, 0.717) is 13.2 Å². The standard InChI is InChI=1S/C14H14N4O2S/c1-8(15)13-16-17-14-18(13)10(7-21-14)9-2-3-11-12(6-9)20-5-4-19-11/h2-3,6-8H,4-5,15H2,1H3. The molecule has 2 aromatic heterocycles. The van der Waals surface area contributed by atoms with Crippen molar-refractivity contribution >= 4 is 16.3 Å². The molecule has 0 saturated carbocycles. The number of fused-ring (bicyclic) bond motifs is 2. The molecule has 1 aromatic carbocycles. The zero-order valence-corrected chi connectivity index (χ0v) is 12.3. The molecule has 2 N–H and O–H groups in total. The molecule has 3 heterocycles. The highest BCUT2D eigenvalue weighted by molar-refractivity contribution is 7.15. The molecule has 0 radical (unpaired) electrons. The Labute approximate surface area is 125 Å². The monoisotopic (exact) mass is 302 g/mol. The van der Waals surface area contributed by atoms with Gasteiger partial charge in [-0.25, -0.2) is 0 Å². The molecular weight excluding hydrogens is 288 g/mol. The van der Waals surface area contributed by atoms with E-state index in [1.165, 1.54) is 0 Å². The Kier molecular flexibility index (Phi) is 2.83. The van der Waals surface area contributed by atoms with Gasteiger partial charge in [0.25, 0.3) is 0 Å². The number of thiazole rings is 1. The first-order valence-electron chi connectivity index (χ1n) is 6.72. The lowest BCUT2D eigenvalue weighted by Crippen LogP contribution is -2.15. The number of benzene rings is 1. The van der Waals surface area contributed by atoms with E-state index in [-0.39, 0.29) is 6.04 Å². The number of nitrogens with zero attached hydrogens (tertiary/aromatic N) is 3. The van der Waals surface area contributed by atoms with Crippen molar-refractivity contribution in [3.63, 3.8) is 0 Å². The summed E-state index contributed by atoms with van der Waals surface area (Å²) in [6.45, 7) is 3.07. The fourth-order valence-electron chi connectivity index (χ4n) is 2.44. The minimum absolute atomic E-state index is 0.175. The van der Waals surface area contributed by atoms with Crippen LogP contribution >= 0.6 is 11.3 Å². The molecule has 0 spiro atoms. The summed E-state index contributed by atoms with van der Waals surface area (Å²) in [5, 5.41) is 10.4. The normalized spacial score (nSPS) is 15.3. The minimum atomic E-state index is -0.175. The molecule has 0 aliphatic carbocycles. The fourth-order valence-corrected chi connectivity index (χ4v) is 3.28. The van der Waals surface area contributed by atoms with Crippen LogP contribution in [0.4, 0.5) is 0 Å². The molecule has 0 bridgehead atoms. The van der Waals surface area contributed by atoms with Gasteiger partial charge in [0.15, 0.2) is 17.3 Å². The van der Waals surface area contributed by atoms with Gasteiger partial charge in [0, 0.05) is 10.9 Å². The van der Waals surface area contributed by atoms with Crippen LogP contribution in [-0.4, -0.2) is 27.8 Å². The number of hydrogen-bond acceptors (Lipinski definition) is 6. The largest absolute Gasteiger partial charge is 0.486 e. The van der Waals surface area contributed by atoms with E-state index in [1.807, 2.05) is 29.5 Å². The number of nitrogens with two attached hydrogens (primary N) is 1. The molecule has 108 valence electrons. The van der Waals surface area contributed by atoms with Crippen LogP contribution in [0, 0.1) is 0 Å². The van der Waals surface area contributed by atoms with Gasteiger partial charge in [-0.15, -0.1) is 21.5 Å². The quantitative estimate of drug-likeness (QED) is 0.786. The molecule has 1 atom stereocenters. The lowest BCUT2D eigenvalue weighted by molar-refractivity contribution is 0.171. The summed E-state index contributed by atoms with van der Waals surface area (Å²) in [6, 6.07) is 5.76. The van der Waals surface area contributed by atoms with Gasteiger partial charge in [-0.1, -0.05) is 0 Å². The van der Waals surface area contributed by atoms with E-state index >= 15 is 0 Å². The minimum Gasteiger partial charge on any atom is -0.486 e. The van der Waals surface area contributed by atoms with Crippen molar-refractivity contribution in [3.8, 4) is 22.8 Å².